The molecule has 0 saturated carbocycles. The monoisotopic (exact) mass is 368 g/mol. The summed E-state index contributed by atoms with van der Waals surface area (Å²) in [7, 11) is 0. The summed E-state index contributed by atoms with van der Waals surface area (Å²) in [5.74, 6) is 0. The SMILES string of the molecule is Cc1ccc([C@@H](CC(F)(F)F)n2nc(CO)c3c(=O)[nH]c(=O)[nH]c32)cc1. The quantitative estimate of drug-likeness (QED) is 0.653. The third-order valence-corrected chi connectivity index (χ3v) is 4.00. The van der Waals surface area contributed by atoms with Crippen molar-refractivity contribution in [2.45, 2.75) is 32.2 Å². The van der Waals surface area contributed by atoms with Gasteiger partial charge in [0.1, 0.15) is 16.7 Å². The number of benzene rings is 1. The van der Waals surface area contributed by atoms with Crippen molar-refractivity contribution < 1.29 is 18.3 Å². The Morgan fingerprint density at radius 1 is 1.19 bits per heavy atom. The van der Waals surface area contributed by atoms with E-state index in [9.17, 15) is 27.9 Å². The van der Waals surface area contributed by atoms with Gasteiger partial charge in [0, 0.05) is 0 Å². The molecule has 26 heavy (non-hydrogen) atoms. The summed E-state index contributed by atoms with van der Waals surface area (Å²) < 4.78 is 40.5. The van der Waals surface area contributed by atoms with Crippen LogP contribution in [0.4, 0.5) is 13.2 Å². The molecule has 0 aliphatic heterocycles. The predicted molar refractivity (Wildman–Crippen MR) is 86.9 cm³/mol. The van der Waals surface area contributed by atoms with E-state index in [1.54, 1.807) is 19.1 Å². The number of aromatic amines is 2. The molecule has 3 N–H and O–H groups in total. The van der Waals surface area contributed by atoms with E-state index in [0.717, 1.165) is 10.2 Å². The zero-order valence-corrected chi connectivity index (χ0v) is 13.6. The third kappa shape index (κ3) is 3.40. The molecule has 0 aliphatic carbocycles. The lowest BCUT2D eigenvalue weighted by Gasteiger charge is -2.20. The van der Waals surface area contributed by atoms with Gasteiger partial charge in [0.05, 0.1) is 19.1 Å². The van der Waals surface area contributed by atoms with Crippen LogP contribution >= 0.6 is 0 Å². The second-order valence-corrected chi connectivity index (χ2v) is 5.93. The summed E-state index contributed by atoms with van der Waals surface area (Å²) in [4.78, 5) is 27.9. The van der Waals surface area contributed by atoms with E-state index in [4.69, 9.17) is 0 Å². The molecular weight excluding hydrogens is 353 g/mol. The molecule has 3 aromatic rings. The normalized spacial score (nSPS) is 13.3. The van der Waals surface area contributed by atoms with Crippen molar-refractivity contribution in [1.29, 1.82) is 0 Å². The average molecular weight is 368 g/mol. The van der Waals surface area contributed by atoms with Crippen LogP contribution in [0.2, 0.25) is 0 Å². The lowest BCUT2D eigenvalue weighted by atomic mass is 10.0. The minimum absolute atomic E-state index is 0.114. The van der Waals surface area contributed by atoms with Gasteiger partial charge in [0.15, 0.2) is 0 Å². The van der Waals surface area contributed by atoms with Gasteiger partial charge in [0.2, 0.25) is 0 Å². The Kier molecular flexibility index (Phi) is 4.45. The van der Waals surface area contributed by atoms with Gasteiger partial charge in [-0.2, -0.15) is 18.3 Å². The van der Waals surface area contributed by atoms with Crippen LogP contribution in [0.5, 0.6) is 0 Å². The number of aliphatic hydroxyl groups excluding tert-OH is 1. The zero-order valence-electron chi connectivity index (χ0n) is 13.6. The van der Waals surface area contributed by atoms with Gasteiger partial charge < -0.3 is 5.11 Å². The molecule has 0 radical (unpaired) electrons. The van der Waals surface area contributed by atoms with Crippen LogP contribution in [0.1, 0.15) is 29.3 Å². The van der Waals surface area contributed by atoms with Gasteiger partial charge >= 0.3 is 11.9 Å². The Bertz CT molecular complexity index is 1050. The number of nitrogens with zero attached hydrogens (tertiary/aromatic N) is 2. The number of halogens is 3. The summed E-state index contributed by atoms with van der Waals surface area (Å²) in [5.41, 5.74) is -0.806. The highest BCUT2D eigenvalue weighted by Crippen LogP contribution is 2.34. The summed E-state index contributed by atoms with van der Waals surface area (Å²) >= 11 is 0. The second-order valence-electron chi connectivity index (χ2n) is 5.93. The van der Waals surface area contributed by atoms with Crippen molar-refractivity contribution in [2.24, 2.45) is 0 Å². The maximum atomic E-state index is 13.2. The van der Waals surface area contributed by atoms with Crippen LogP contribution in [-0.2, 0) is 6.61 Å². The molecule has 0 fully saturated rings. The Labute approximate surface area is 144 Å². The first-order valence-electron chi connectivity index (χ1n) is 7.67. The van der Waals surface area contributed by atoms with Crippen LogP contribution in [0, 0.1) is 6.92 Å². The average Bonchev–Trinajstić information content (AvgIpc) is 2.91. The lowest BCUT2D eigenvalue weighted by Crippen LogP contribution is -2.25. The number of rotatable bonds is 4. The zero-order chi connectivity index (χ0) is 19.1. The smallest absolute Gasteiger partial charge is 0.390 e. The van der Waals surface area contributed by atoms with Gasteiger partial charge in [-0.05, 0) is 12.5 Å². The molecule has 7 nitrogen and oxygen atoms in total. The summed E-state index contributed by atoms with van der Waals surface area (Å²) in [6, 6.07) is 5.07. The fraction of sp³-hybridized carbons (Fsp3) is 0.312. The number of hydrogen-bond acceptors (Lipinski definition) is 4. The molecule has 0 unspecified atom stereocenters. The molecule has 138 valence electrons. The highest BCUT2D eigenvalue weighted by molar-refractivity contribution is 5.77. The summed E-state index contributed by atoms with van der Waals surface area (Å²) in [6.45, 7) is 1.14. The first-order valence-corrected chi connectivity index (χ1v) is 7.67. The minimum Gasteiger partial charge on any atom is -0.390 e. The van der Waals surface area contributed by atoms with E-state index in [-0.39, 0.29) is 16.7 Å². The van der Waals surface area contributed by atoms with Gasteiger partial charge in [-0.3, -0.25) is 14.8 Å². The van der Waals surface area contributed by atoms with Gasteiger partial charge in [-0.15, -0.1) is 0 Å². The highest BCUT2D eigenvalue weighted by atomic mass is 19.4. The fourth-order valence-corrected chi connectivity index (χ4v) is 2.83. The van der Waals surface area contributed by atoms with E-state index in [2.05, 4.69) is 10.1 Å². The van der Waals surface area contributed by atoms with E-state index in [0.29, 0.717) is 5.56 Å². The van der Waals surface area contributed by atoms with Crippen molar-refractivity contribution in [3.8, 4) is 0 Å². The summed E-state index contributed by atoms with van der Waals surface area (Å²) in [5, 5.41) is 13.2. The molecule has 10 heteroatoms. The Hall–Kier alpha value is -2.88. The molecule has 1 atom stereocenters. The van der Waals surface area contributed by atoms with Crippen molar-refractivity contribution in [1.82, 2.24) is 19.7 Å². The van der Waals surface area contributed by atoms with E-state index in [1.807, 2.05) is 4.98 Å². The number of nitrogens with one attached hydrogen (secondary N) is 2. The topological polar surface area (TPSA) is 104 Å². The first-order chi connectivity index (χ1) is 12.2. The Balaban J connectivity index is 2.28. The number of aromatic nitrogens is 4. The molecule has 2 aromatic heterocycles. The second kappa shape index (κ2) is 6.45. The summed E-state index contributed by atoms with van der Waals surface area (Å²) in [6.07, 6.45) is -5.78. The van der Waals surface area contributed by atoms with Crippen molar-refractivity contribution in [3.05, 3.63) is 61.9 Å². The van der Waals surface area contributed by atoms with Crippen LogP contribution in [0.15, 0.2) is 33.9 Å². The molecule has 0 amide bonds. The predicted octanol–water partition coefficient (Wildman–Crippen LogP) is 1.76. The Morgan fingerprint density at radius 3 is 2.42 bits per heavy atom. The van der Waals surface area contributed by atoms with Crippen molar-refractivity contribution in [2.75, 3.05) is 0 Å². The molecule has 2 heterocycles. The maximum Gasteiger partial charge on any atom is 0.391 e. The molecule has 0 aliphatic rings. The van der Waals surface area contributed by atoms with Crippen molar-refractivity contribution >= 4 is 11.0 Å². The molecule has 0 saturated heterocycles. The molecule has 1 aromatic carbocycles. The molecule has 0 bridgehead atoms. The standard InChI is InChI=1S/C16H15F3N4O3/c1-8-2-4-9(5-3-8)11(6-16(17,18)19)23-13-12(10(7-24)22-23)14(25)21-15(26)20-13/h2-5,11,24H,6-7H2,1H3,(H2,20,21,25,26)/t11-/m1/s1. The van der Waals surface area contributed by atoms with Crippen molar-refractivity contribution in [3.63, 3.8) is 0 Å². The molecule has 3 rings (SSSR count). The van der Waals surface area contributed by atoms with E-state index < -0.39 is 36.5 Å². The van der Waals surface area contributed by atoms with E-state index in [1.165, 1.54) is 12.1 Å². The number of alkyl halides is 3. The van der Waals surface area contributed by atoms with Crippen LogP contribution < -0.4 is 11.2 Å². The number of aliphatic hydroxyl groups is 1. The third-order valence-electron chi connectivity index (χ3n) is 4.00. The highest BCUT2D eigenvalue weighted by Gasteiger charge is 2.35. The first kappa shape index (κ1) is 17.9. The van der Waals surface area contributed by atoms with Gasteiger partial charge in [-0.25, -0.2) is 9.48 Å². The van der Waals surface area contributed by atoms with Gasteiger partial charge in [0.25, 0.3) is 5.56 Å². The van der Waals surface area contributed by atoms with E-state index >= 15 is 0 Å². The Morgan fingerprint density at radius 2 is 1.85 bits per heavy atom. The fourth-order valence-electron chi connectivity index (χ4n) is 2.83. The lowest BCUT2D eigenvalue weighted by molar-refractivity contribution is -0.140. The number of fused-ring (bicyclic) bond motifs is 1. The van der Waals surface area contributed by atoms with Crippen LogP contribution in [-0.4, -0.2) is 31.0 Å². The van der Waals surface area contributed by atoms with Gasteiger partial charge in [-0.1, -0.05) is 29.8 Å². The number of H-pyrrole nitrogens is 2. The van der Waals surface area contributed by atoms with Crippen LogP contribution in [0.3, 0.4) is 0 Å². The maximum absolute atomic E-state index is 13.2. The largest absolute Gasteiger partial charge is 0.391 e. The van der Waals surface area contributed by atoms with Crippen LogP contribution in [0.25, 0.3) is 11.0 Å². The number of hydrogen-bond donors (Lipinski definition) is 3. The molecule has 0 spiro atoms. The molecular formula is C16H15F3N4O3. The minimum atomic E-state index is -4.52. The number of aryl methyl sites for hydroxylation is 1.